The molecule has 0 aliphatic rings. The molecule has 0 amide bonds. The Morgan fingerprint density at radius 2 is 1.88 bits per heavy atom. The van der Waals surface area contributed by atoms with E-state index in [1.165, 1.54) is 25.4 Å². The maximum Gasteiger partial charge on any atom is 0.353 e. The minimum Gasteiger partial charge on any atom is -0.384 e. The number of hydrogen-bond donors (Lipinski definition) is 2. The topological polar surface area (TPSA) is 61.8 Å². The summed E-state index contributed by atoms with van der Waals surface area (Å²) in [7, 11) is 0. The fourth-order valence-corrected chi connectivity index (χ4v) is 3.18. The number of rotatable bonds is 8. The summed E-state index contributed by atoms with van der Waals surface area (Å²) in [6.45, 7) is 1.45. The number of aliphatic hydroxyl groups is 1. The number of thioether (sulfide) groups is 1. The average Bonchev–Trinajstić information content (AvgIpc) is 3.05. The maximum atomic E-state index is 13.2. The third-order valence-electron chi connectivity index (χ3n) is 3.84. The first-order valence-electron chi connectivity index (χ1n) is 7.27. The van der Waals surface area contributed by atoms with Crippen molar-refractivity contribution in [2.24, 2.45) is 5.92 Å². The van der Waals surface area contributed by atoms with Gasteiger partial charge < -0.3 is 5.11 Å². The number of hydrogen-bond acceptors (Lipinski definition) is 4. The monoisotopic (exact) mass is 381 g/mol. The Labute approximate surface area is 144 Å². The molecule has 2 atom stereocenters. The molecule has 0 bridgehead atoms. The first kappa shape index (κ1) is 19.6. The zero-order valence-corrected chi connectivity index (χ0v) is 13.9. The molecule has 0 saturated carbocycles. The lowest BCUT2D eigenvalue weighted by Crippen LogP contribution is -2.39. The van der Waals surface area contributed by atoms with Gasteiger partial charge in [-0.3, -0.25) is 5.10 Å². The van der Waals surface area contributed by atoms with Crippen molar-refractivity contribution in [3.05, 3.63) is 47.8 Å². The summed E-state index contributed by atoms with van der Waals surface area (Å²) in [5.74, 6) is -1.56. The zero-order chi connectivity index (χ0) is 18.7. The van der Waals surface area contributed by atoms with Gasteiger partial charge in [-0.25, -0.2) is 18.2 Å². The summed E-state index contributed by atoms with van der Waals surface area (Å²) >= 11 is -0.231. The Kier molecular flexibility index (Phi) is 6.04. The standard InChI is InChI=1S/C15H16F5N3OS/c1-9(7-25-15(19,20)13(17)18)14(24,6-12-21-8-22-23-12)10-2-4-11(16)5-3-10/h2-5,8-9,13,24H,6-7H2,1H3,(H,21,22,23)/t9-,14+/m0/s1. The largest absolute Gasteiger partial charge is 0.384 e. The van der Waals surface area contributed by atoms with Gasteiger partial charge in [0.15, 0.2) is 0 Å². The number of aromatic amines is 1. The van der Waals surface area contributed by atoms with Crippen LogP contribution >= 0.6 is 11.8 Å². The first-order chi connectivity index (χ1) is 11.6. The molecule has 2 aromatic rings. The minimum absolute atomic E-state index is 0.124. The van der Waals surface area contributed by atoms with Gasteiger partial charge in [0.05, 0.1) is 5.60 Å². The summed E-state index contributed by atoms with van der Waals surface area (Å²) in [5, 5.41) is 13.1. The summed E-state index contributed by atoms with van der Waals surface area (Å²) < 4.78 is 64.2. The van der Waals surface area contributed by atoms with Gasteiger partial charge in [-0.05, 0) is 23.6 Å². The van der Waals surface area contributed by atoms with Crippen LogP contribution < -0.4 is 0 Å². The van der Waals surface area contributed by atoms with Crippen LogP contribution in [-0.2, 0) is 12.0 Å². The minimum atomic E-state index is -4.22. The molecule has 10 heteroatoms. The quantitative estimate of drug-likeness (QED) is 0.686. The Morgan fingerprint density at radius 3 is 2.40 bits per heavy atom. The molecule has 0 aliphatic heterocycles. The lowest BCUT2D eigenvalue weighted by molar-refractivity contribution is -0.0574. The molecule has 4 nitrogen and oxygen atoms in total. The molecule has 0 aliphatic carbocycles. The van der Waals surface area contributed by atoms with Gasteiger partial charge >= 0.3 is 11.7 Å². The number of benzene rings is 1. The molecule has 0 radical (unpaired) electrons. The van der Waals surface area contributed by atoms with E-state index >= 15 is 0 Å². The van der Waals surface area contributed by atoms with Crippen molar-refractivity contribution in [3.63, 3.8) is 0 Å². The summed E-state index contributed by atoms with van der Waals surface area (Å²) in [4.78, 5) is 3.89. The number of halogens is 5. The predicted molar refractivity (Wildman–Crippen MR) is 83.0 cm³/mol. The molecule has 2 N–H and O–H groups in total. The van der Waals surface area contributed by atoms with Gasteiger partial charge in [0.2, 0.25) is 0 Å². The predicted octanol–water partition coefficient (Wildman–Crippen LogP) is 3.60. The number of alkyl halides is 4. The van der Waals surface area contributed by atoms with Crippen molar-refractivity contribution in [1.82, 2.24) is 15.2 Å². The number of nitrogens with zero attached hydrogens (tertiary/aromatic N) is 2. The van der Waals surface area contributed by atoms with Gasteiger partial charge in [0.25, 0.3) is 0 Å². The van der Waals surface area contributed by atoms with E-state index in [1.54, 1.807) is 0 Å². The molecule has 2 rings (SSSR count). The number of aromatic nitrogens is 3. The highest BCUT2D eigenvalue weighted by atomic mass is 32.2. The molecule has 0 saturated heterocycles. The summed E-state index contributed by atoms with van der Waals surface area (Å²) in [5.41, 5.74) is -1.46. The third-order valence-corrected chi connectivity index (χ3v) is 5.07. The molecule has 1 heterocycles. The van der Waals surface area contributed by atoms with Crippen LogP contribution in [0.25, 0.3) is 0 Å². The first-order valence-corrected chi connectivity index (χ1v) is 8.26. The highest BCUT2D eigenvalue weighted by Crippen LogP contribution is 2.41. The normalized spacial score (nSPS) is 16.0. The molecule has 25 heavy (non-hydrogen) atoms. The van der Waals surface area contributed by atoms with Gasteiger partial charge in [-0.15, -0.1) is 0 Å². The SMILES string of the molecule is C[C@@H](CSC(F)(F)C(F)F)[C@](O)(Cc1ncn[nH]1)c1ccc(F)cc1. The maximum absolute atomic E-state index is 13.2. The van der Waals surface area contributed by atoms with Crippen LogP contribution in [0.3, 0.4) is 0 Å². The summed E-state index contributed by atoms with van der Waals surface area (Å²) in [6, 6.07) is 4.87. The fourth-order valence-electron chi connectivity index (χ4n) is 2.31. The van der Waals surface area contributed by atoms with Crippen molar-refractivity contribution in [1.29, 1.82) is 0 Å². The fraction of sp³-hybridized carbons (Fsp3) is 0.467. The molecule has 1 aromatic carbocycles. The van der Waals surface area contributed by atoms with E-state index in [-0.39, 0.29) is 29.6 Å². The molecule has 138 valence electrons. The molecular formula is C15H16F5N3OS. The van der Waals surface area contributed by atoms with Crippen molar-refractivity contribution >= 4 is 11.8 Å². The Bertz CT molecular complexity index is 668. The Balaban J connectivity index is 2.25. The molecular weight excluding hydrogens is 365 g/mol. The van der Waals surface area contributed by atoms with E-state index in [4.69, 9.17) is 0 Å². The van der Waals surface area contributed by atoms with Crippen LogP contribution in [0.15, 0.2) is 30.6 Å². The van der Waals surface area contributed by atoms with Crippen molar-refractivity contribution < 1.29 is 27.1 Å². The van der Waals surface area contributed by atoms with Crippen molar-refractivity contribution in [3.8, 4) is 0 Å². The molecule has 0 fully saturated rings. The second-order valence-electron chi connectivity index (χ2n) is 5.61. The average molecular weight is 381 g/mol. The second kappa shape index (κ2) is 7.69. The van der Waals surface area contributed by atoms with Crippen LogP contribution in [0.4, 0.5) is 22.0 Å². The zero-order valence-electron chi connectivity index (χ0n) is 13.1. The highest BCUT2D eigenvalue weighted by Gasteiger charge is 2.44. The number of nitrogens with one attached hydrogen (secondary N) is 1. The van der Waals surface area contributed by atoms with E-state index in [9.17, 15) is 27.1 Å². The van der Waals surface area contributed by atoms with Crippen LogP contribution in [0.5, 0.6) is 0 Å². The van der Waals surface area contributed by atoms with E-state index in [0.717, 1.165) is 12.1 Å². The summed E-state index contributed by atoms with van der Waals surface area (Å²) in [6.07, 6.45) is -2.72. The van der Waals surface area contributed by atoms with Gasteiger partial charge in [0, 0.05) is 12.2 Å². The van der Waals surface area contributed by atoms with Crippen LogP contribution in [0.2, 0.25) is 0 Å². The lowest BCUT2D eigenvalue weighted by atomic mass is 9.80. The van der Waals surface area contributed by atoms with Crippen LogP contribution in [-0.4, -0.2) is 37.7 Å². The van der Waals surface area contributed by atoms with E-state index in [0.29, 0.717) is 0 Å². The Hall–Kier alpha value is -1.68. The van der Waals surface area contributed by atoms with E-state index in [2.05, 4.69) is 15.2 Å². The lowest BCUT2D eigenvalue weighted by Gasteiger charge is -2.34. The molecule has 1 aromatic heterocycles. The van der Waals surface area contributed by atoms with E-state index in [1.807, 2.05) is 0 Å². The van der Waals surface area contributed by atoms with Gasteiger partial charge in [-0.2, -0.15) is 13.9 Å². The smallest absolute Gasteiger partial charge is 0.353 e. The van der Waals surface area contributed by atoms with Crippen LogP contribution in [0.1, 0.15) is 18.3 Å². The third kappa shape index (κ3) is 4.69. The van der Waals surface area contributed by atoms with Gasteiger partial charge in [-0.1, -0.05) is 30.8 Å². The molecule has 0 unspecified atom stereocenters. The second-order valence-corrected chi connectivity index (χ2v) is 6.78. The Morgan fingerprint density at radius 1 is 1.24 bits per heavy atom. The highest BCUT2D eigenvalue weighted by molar-refractivity contribution is 8.00. The number of H-pyrrole nitrogens is 1. The van der Waals surface area contributed by atoms with Crippen LogP contribution in [0, 0.1) is 11.7 Å². The molecule has 0 spiro atoms. The van der Waals surface area contributed by atoms with Gasteiger partial charge in [0.1, 0.15) is 18.0 Å². The van der Waals surface area contributed by atoms with Crippen molar-refractivity contribution in [2.45, 2.75) is 30.6 Å². The van der Waals surface area contributed by atoms with Crippen molar-refractivity contribution in [2.75, 3.05) is 5.75 Å². The van der Waals surface area contributed by atoms with E-state index < -0.39 is 34.8 Å².